The molecule has 1 saturated heterocycles. The number of amides is 2. The van der Waals surface area contributed by atoms with Crippen LogP contribution in [0, 0.1) is 0 Å². The van der Waals surface area contributed by atoms with Gasteiger partial charge in [-0.05, 0) is 54.7 Å². The first-order valence-electron chi connectivity index (χ1n) is 8.56. The molecule has 0 atom stereocenters. The first-order valence-corrected chi connectivity index (χ1v) is 10.3. The fourth-order valence-corrected chi connectivity index (χ4v) is 4.58. The molecular weight excluding hydrogens is 354 g/mol. The topological polar surface area (TPSA) is 61.4 Å². The first kappa shape index (κ1) is 18.1. The van der Waals surface area contributed by atoms with E-state index in [1.54, 1.807) is 11.3 Å². The maximum absolute atomic E-state index is 11.8. The van der Waals surface area contributed by atoms with Crippen LogP contribution in [0.5, 0.6) is 0 Å². The molecular formula is C18H23N3O2S2. The van der Waals surface area contributed by atoms with Crippen molar-refractivity contribution in [2.45, 2.75) is 25.3 Å². The van der Waals surface area contributed by atoms with E-state index in [1.165, 1.54) is 4.88 Å². The number of hydrogen-bond donors (Lipinski definition) is 2. The number of likely N-dealkylation sites (tertiary alicyclic amines) is 1. The monoisotopic (exact) mass is 377 g/mol. The molecule has 0 unspecified atom stereocenters. The number of carbonyl (C=O) groups is 2. The van der Waals surface area contributed by atoms with E-state index in [-0.39, 0.29) is 0 Å². The third-order valence-electron chi connectivity index (χ3n) is 4.46. The highest BCUT2D eigenvalue weighted by molar-refractivity contribution is 7.10. The minimum Gasteiger partial charge on any atom is -0.347 e. The van der Waals surface area contributed by atoms with Crippen LogP contribution in [0.25, 0.3) is 0 Å². The van der Waals surface area contributed by atoms with Gasteiger partial charge in [-0.25, -0.2) is 0 Å². The zero-order valence-electron chi connectivity index (χ0n) is 14.1. The summed E-state index contributed by atoms with van der Waals surface area (Å²) in [4.78, 5) is 28.5. The second-order valence-corrected chi connectivity index (χ2v) is 8.16. The van der Waals surface area contributed by atoms with E-state index >= 15 is 0 Å². The van der Waals surface area contributed by atoms with Crippen LogP contribution >= 0.6 is 22.7 Å². The summed E-state index contributed by atoms with van der Waals surface area (Å²) < 4.78 is 0. The van der Waals surface area contributed by atoms with Crippen molar-refractivity contribution in [2.75, 3.05) is 26.2 Å². The van der Waals surface area contributed by atoms with E-state index in [2.05, 4.69) is 33.0 Å². The highest BCUT2D eigenvalue weighted by Gasteiger charge is 2.21. The van der Waals surface area contributed by atoms with Gasteiger partial charge in [0.15, 0.2) is 0 Å². The van der Waals surface area contributed by atoms with Gasteiger partial charge in [0.05, 0.1) is 6.54 Å². The lowest BCUT2D eigenvalue weighted by atomic mass is 9.95. The van der Waals surface area contributed by atoms with Crippen molar-refractivity contribution >= 4 is 34.5 Å². The summed E-state index contributed by atoms with van der Waals surface area (Å²) in [6.07, 6.45) is 2.32. The Morgan fingerprint density at radius 3 is 2.44 bits per heavy atom. The Morgan fingerprint density at radius 1 is 1.04 bits per heavy atom. The summed E-state index contributed by atoms with van der Waals surface area (Å²) in [5.74, 6) is -0.441. The zero-order chi connectivity index (χ0) is 17.5. The average molecular weight is 378 g/mol. The molecule has 0 aliphatic carbocycles. The summed E-state index contributed by atoms with van der Waals surface area (Å²) in [5.41, 5.74) is 0. The lowest BCUT2D eigenvalue weighted by Gasteiger charge is -2.31. The Morgan fingerprint density at radius 2 is 1.76 bits per heavy atom. The quantitative estimate of drug-likeness (QED) is 0.760. The average Bonchev–Trinajstić information content (AvgIpc) is 3.34. The smallest absolute Gasteiger partial charge is 0.309 e. The van der Waals surface area contributed by atoms with E-state index in [0.29, 0.717) is 19.0 Å². The fourth-order valence-electron chi connectivity index (χ4n) is 3.03. The summed E-state index contributed by atoms with van der Waals surface area (Å²) in [7, 11) is 0. The molecule has 5 nitrogen and oxygen atoms in total. The Hall–Kier alpha value is -1.70. The van der Waals surface area contributed by atoms with Crippen LogP contribution in [0.2, 0.25) is 0 Å². The largest absolute Gasteiger partial charge is 0.347 e. The van der Waals surface area contributed by atoms with Gasteiger partial charge in [0.2, 0.25) is 0 Å². The molecule has 25 heavy (non-hydrogen) atoms. The van der Waals surface area contributed by atoms with Gasteiger partial charge in [-0.3, -0.25) is 9.59 Å². The minimum absolute atomic E-state index is 0.403. The molecule has 1 aliphatic heterocycles. The highest BCUT2D eigenvalue weighted by atomic mass is 32.1. The van der Waals surface area contributed by atoms with Crippen molar-refractivity contribution in [1.29, 1.82) is 0 Å². The van der Waals surface area contributed by atoms with Crippen LogP contribution in [0.15, 0.2) is 35.0 Å². The Balaban J connectivity index is 1.30. The maximum Gasteiger partial charge on any atom is 0.309 e. The fraction of sp³-hybridized carbons (Fsp3) is 0.444. The SMILES string of the molecule is O=C(NCCN1CCC(c2cccs2)CC1)C(=O)NCc1cccs1. The molecule has 0 spiro atoms. The molecule has 0 aromatic carbocycles. The third kappa shape index (κ3) is 5.39. The van der Waals surface area contributed by atoms with Crippen LogP contribution < -0.4 is 10.6 Å². The van der Waals surface area contributed by atoms with Gasteiger partial charge in [-0.2, -0.15) is 0 Å². The number of carbonyl (C=O) groups excluding carboxylic acids is 2. The van der Waals surface area contributed by atoms with Crippen molar-refractivity contribution < 1.29 is 9.59 Å². The molecule has 7 heteroatoms. The number of thiophene rings is 2. The third-order valence-corrected chi connectivity index (χ3v) is 6.37. The van der Waals surface area contributed by atoms with Crippen molar-refractivity contribution in [3.8, 4) is 0 Å². The summed E-state index contributed by atoms with van der Waals surface area (Å²) in [6.45, 7) is 3.79. The van der Waals surface area contributed by atoms with Gasteiger partial charge in [-0.15, -0.1) is 22.7 Å². The van der Waals surface area contributed by atoms with Gasteiger partial charge in [0.1, 0.15) is 0 Å². The Labute approximate surface area is 156 Å². The number of nitrogens with zero attached hydrogens (tertiary/aromatic N) is 1. The molecule has 1 aliphatic rings. The standard InChI is InChI=1S/C18H23N3O2S2/c22-17(18(23)20-13-15-3-1-11-24-15)19-7-10-21-8-5-14(6-9-21)16-4-2-12-25-16/h1-4,11-12,14H,5-10,13H2,(H,19,22)(H,20,23). The number of piperidine rings is 1. The van der Waals surface area contributed by atoms with Gasteiger partial charge in [0.25, 0.3) is 0 Å². The Kier molecular flexibility index (Phi) is 6.61. The normalized spacial score (nSPS) is 15.8. The molecule has 2 amide bonds. The molecule has 0 saturated carbocycles. The van der Waals surface area contributed by atoms with Gasteiger partial charge >= 0.3 is 11.8 Å². The van der Waals surface area contributed by atoms with E-state index in [0.717, 1.165) is 37.4 Å². The predicted molar refractivity (Wildman–Crippen MR) is 102 cm³/mol. The van der Waals surface area contributed by atoms with Crippen LogP contribution in [0.1, 0.15) is 28.5 Å². The van der Waals surface area contributed by atoms with Crippen molar-refractivity contribution in [1.82, 2.24) is 15.5 Å². The molecule has 0 radical (unpaired) electrons. The second kappa shape index (κ2) is 9.12. The van der Waals surface area contributed by atoms with E-state index in [9.17, 15) is 9.59 Å². The highest BCUT2D eigenvalue weighted by Crippen LogP contribution is 2.30. The second-order valence-electron chi connectivity index (χ2n) is 6.15. The van der Waals surface area contributed by atoms with Crippen LogP contribution in [0.3, 0.4) is 0 Å². The van der Waals surface area contributed by atoms with Gasteiger partial charge in [-0.1, -0.05) is 12.1 Å². The molecule has 1 fully saturated rings. The molecule has 2 N–H and O–H groups in total. The lowest BCUT2D eigenvalue weighted by molar-refractivity contribution is -0.139. The van der Waals surface area contributed by atoms with E-state index in [1.807, 2.05) is 28.8 Å². The van der Waals surface area contributed by atoms with Crippen molar-refractivity contribution in [2.24, 2.45) is 0 Å². The van der Waals surface area contributed by atoms with Crippen LogP contribution in [0.4, 0.5) is 0 Å². The Bertz CT molecular complexity index is 663. The zero-order valence-corrected chi connectivity index (χ0v) is 15.7. The molecule has 3 heterocycles. The van der Waals surface area contributed by atoms with Crippen molar-refractivity contribution in [3.63, 3.8) is 0 Å². The number of nitrogens with one attached hydrogen (secondary N) is 2. The maximum atomic E-state index is 11.8. The van der Waals surface area contributed by atoms with Crippen LogP contribution in [-0.4, -0.2) is 42.9 Å². The molecule has 134 valence electrons. The molecule has 2 aromatic heterocycles. The molecule has 3 rings (SSSR count). The lowest BCUT2D eigenvalue weighted by Crippen LogP contribution is -2.43. The summed E-state index contributed by atoms with van der Waals surface area (Å²) in [6, 6.07) is 8.20. The van der Waals surface area contributed by atoms with Gasteiger partial charge in [0, 0.05) is 22.8 Å². The van der Waals surface area contributed by atoms with E-state index < -0.39 is 11.8 Å². The molecule has 2 aromatic rings. The minimum atomic E-state index is -0.565. The predicted octanol–water partition coefficient (Wildman–Crippen LogP) is 2.42. The van der Waals surface area contributed by atoms with Gasteiger partial charge < -0.3 is 15.5 Å². The van der Waals surface area contributed by atoms with E-state index in [4.69, 9.17) is 0 Å². The van der Waals surface area contributed by atoms with Crippen LogP contribution in [-0.2, 0) is 16.1 Å². The number of rotatable bonds is 6. The summed E-state index contributed by atoms with van der Waals surface area (Å²) >= 11 is 3.40. The number of hydrogen-bond acceptors (Lipinski definition) is 5. The summed E-state index contributed by atoms with van der Waals surface area (Å²) in [5, 5.41) is 9.44. The first-order chi connectivity index (χ1) is 12.2. The van der Waals surface area contributed by atoms with Crippen molar-refractivity contribution in [3.05, 3.63) is 44.8 Å². The molecule has 0 bridgehead atoms.